The van der Waals surface area contributed by atoms with E-state index in [4.69, 9.17) is 4.74 Å². The van der Waals surface area contributed by atoms with Crippen molar-refractivity contribution in [3.63, 3.8) is 0 Å². The Morgan fingerprint density at radius 2 is 1.56 bits per heavy atom. The van der Waals surface area contributed by atoms with Gasteiger partial charge in [-0.2, -0.15) is 0 Å². The molecule has 3 aromatic carbocycles. The van der Waals surface area contributed by atoms with E-state index in [1.807, 2.05) is 0 Å². The minimum Gasteiger partial charge on any atom is -0.496 e. The fourth-order valence-electron chi connectivity index (χ4n) is 2.96. The van der Waals surface area contributed by atoms with Crippen LogP contribution in [0, 0.1) is 5.82 Å². The van der Waals surface area contributed by atoms with Crippen LogP contribution in [0.2, 0.25) is 0 Å². The Kier molecular flexibility index (Phi) is 6.89. The SMILES string of the molecule is COc1ccc(C(C)=O)cc1CC(=O)Nc1ccc(NS(=O)(=O)c2ccc(F)cc2)cc1. The Hall–Kier alpha value is -3.72. The Balaban J connectivity index is 1.67. The molecule has 9 heteroatoms. The molecule has 0 saturated heterocycles. The summed E-state index contributed by atoms with van der Waals surface area (Å²) in [5.74, 6) is -0.484. The number of Topliss-reactive ketones (excluding diaryl/α,β-unsaturated/α-hetero) is 1. The Bertz CT molecular complexity index is 1240. The van der Waals surface area contributed by atoms with E-state index in [0.717, 1.165) is 12.1 Å². The highest BCUT2D eigenvalue weighted by Crippen LogP contribution is 2.22. The second-order valence-corrected chi connectivity index (χ2v) is 8.63. The van der Waals surface area contributed by atoms with Crippen LogP contribution in [-0.2, 0) is 21.2 Å². The zero-order chi connectivity index (χ0) is 23.3. The maximum Gasteiger partial charge on any atom is 0.261 e. The molecule has 0 aliphatic carbocycles. The summed E-state index contributed by atoms with van der Waals surface area (Å²) in [5, 5.41) is 2.72. The second kappa shape index (κ2) is 9.61. The largest absolute Gasteiger partial charge is 0.496 e. The van der Waals surface area contributed by atoms with E-state index in [9.17, 15) is 22.4 Å². The first kappa shape index (κ1) is 23.0. The lowest BCUT2D eigenvalue weighted by molar-refractivity contribution is -0.115. The number of ketones is 1. The number of rotatable bonds is 8. The number of ether oxygens (including phenoxy) is 1. The molecule has 0 radical (unpaired) electrons. The molecular weight excluding hydrogens is 435 g/mol. The number of halogens is 1. The van der Waals surface area contributed by atoms with Gasteiger partial charge in [-0.05, 0) is 73.7 Å². The van der Waals surface area contributed by atoms with Gasteiger partial charge in [-0.15, -0.1) is 0 Å². The molecule has 0 bridgehead atoms. The number of sulfonamides is 1. The van der Waals surface area contributed by atoms with Gasteiger partial charge in [0.2, 0.25) is 5.91 Å². The van der Waals surface area contributed by atoms with Crippen LogP contribution in [0.1, 0.15) is 22.8 Å². The van der Waals surface area contributed by atoms with Crippen molar-refractivity contribution in [1.29, 1.82) is 0 Å². The summed E-state index contributed by atoms with van der Waals surface area (Å²) in [4.78, 5) is 24.0. The minimum atomic E-state index is -3.87. The highest BCUT2D eigenvalue weighted by atomic mass is 32.2. The quantitative estimate of drug-likeness (QED) is 0.499. The van der Waals surface area contributed by atoms with E-state index in [2.05, 4.69) is 10.0 Å². The molecule has 166 valence electrons. The maximum absolute atomic E-state index is 13.0. The molecule has 2 N–H and O–H groups in total. The zero-order valence-corrected chi connectivity index (χ0v) is 18.2. The Morgan fingerprint density at radius 1 is 0.938 bits per heavy atom. The smallest absolute Gasteiger partial charge is 0.261 e. The molecule has 1 amide bonds. The lowest BCUT2D eigenvalue weighted by Gasteiger charge is -2.11. The topological polar surface area (TPSA) is 102 Å². The fraction of sp³-hybridized carbons (Fsp3) is 0.130. The second-order valence-electron chi connectivity index (χ2n) is 6.94. The number of anilines is 2. The highest BCUT2D eigenvalue weighted by molar-refractivity contribution is 7.92. The van der Waals surface area contributed by atoms with Crippen LogP contribution >= 0.6 is 0 Å². The van der Waals surface area contributed by atoms with Crippen LogP contribution < -0.4 is 14.8 Å². The number of methoxy groups -OCH3 is 1. The van der Waals surface area contributed by atoms with Gasteiger partial charge < -0.3 is 10.1 Å². The third kappa shape index (κ3) is 5.70. The van der Waals surface area contributed by atoms with Gasteiger partial charge in [-0.25, -0.2) is 12.8 Å². The lowest BCUT2D eigenvalue weighted by atomic mass is 10.0. The van der Waals surface area contributed by atoms with Crippen molar-refractivity contribution in [2.75, 3.05) is 17.1 Å². The summed E-state index contributed by atoms with van der Waals surface area (Å²) in [6, 6.07) is 15.4. The van der Waals surface area contributed by atoms with Gasteiger partial charge in [0.05, 0.1) is 18.4 Å². The first-order chi connectivity index (χ1) is 15.2. The summed E-state index contributed by atoms with van der Waals surface area (Å²) >= 11 is 0. The van der Waals surface area contributed by atoms with Crippen LogP contribution in [0.15, 0.2) is 71.6 Å². The summed E-state index contributed by atoms with van der Waals surface area (Å²) in [7, 11) is -2.39. The lowest BCUT2D eigenvalue weighted by Crippen LogP contribution is -2.16. The number of hydrogen-bond acceptors (Lipinski definition) is 5. The third-order valence-electron chi connectivity index (χ3n) is 4.58. The Morgan fingerprint density at radius 3 is 2.16 bits per heavy atom. The van der Waals surface area contributed by atoms with E-state index in [-0.39, 0.29) is 28.7 Å². The van der Waals surface area contributed by atoms with Gasteiger partial charge in [-0.3, -0.25) is 14.3 Å². The van der Waals surface area contributed by atoms with Crippen molar-refractivity contribution in [1.82, 2.24) is 0 Å². The first-order valence-corrected chi connectivity index (χ1v) is 11.0. The summed E-state index contributed by atoms with van der Waals surface area (Å²) in [6.45, 7) is 1.44. The molecule has 0 heterocycles. The van der Waals surface area contributed by atoms with Gasteiger partial charge in [-0.1, -0.05) is 0 Å². The van der Waals surface area contributed by atoms with Gasteiger partial charge in [0, 0.05) is 22.5 Å². The van der Waals surface area contributed by atoms with Crippen molar-refractivity contribution >= 4 is 33.1 Å². The van der Waals surface area contributed by atoms with E-state index in [0.29, 0.717) is 22.6 Å². The average molecular weight is 456 g/mol. The van der Waals surface area contributed by atoms with Crippen molar-refractivity contribution < 1.29 is 27.1 Å². The van der Waals surface area contributed by atoms with Crippen molar-refractivity contribution in [2.45, 2.75) is 18.2 Å². The predicted octanol–water partition coefficient (Wildman–Crippen LogP) is 4.02. The number of hydrogen-bond donors (Lipinski definition) is 2. The molecule has 3 rings (SSSR count). The zero-order valence-electron chi connectivity index (χ0n) is 17.4. The van der Waals surface area contributed by atoms with Crippen LogP contribution in [0.4, 0.5) is 15.8 Å². The molecule has 7 nitrogen and oxygen atoms in total. The fourth-order valence-corrected chi connectivity index (χ4v) is 4.02. The molecule has 0 aromatic heterocycles. The molecule has 0 aliphatic heterocycles. The summed E-state index contributed by atoms with van der Waals surface area (Å²) in [6.07, 6.45) is -0.0107. The molecule has 0 atom stereocenters. The van der Waals surface area contributed by atoms with E-state index in [1.165, 1.54) is 38.3 Å². The molecule has 0 aliphatic rings. The van der Waals surface area contributed by atoms with E-state index >= 15 is 0 Å². The third-order valence-corrected chi connectivity index (χ3v) is 5.98. The molecule has 0 saturated carbocycles. The van der Waals surface area contributed by atoms with Gasteiger partial charge in [0.15, 0.2) is 5.78 Å². The van der Waals surface area contributed by atoms with Crippen molar-refractivity contribution in [3.8, 4) is 5.75 Å². The monoisotopic (exact) mass is 456 g/mol. The number of benzene rings is 3. The molecule has 0 spiro atoms. The summed E-state index contributed by atoms with van der Waals surface area (Å²) in [5.41, 5.74) is 1.79. The Labute approximate surface area is 185 Å². The number of carbonyl (C=O) groups excluding carboxylic acids is 2. The van der Waals surface area contributed by atoms with Crippen LogP contribution in [0.3, 0.4) is 0 Å². The molecular formula is C23H21FN2O5S. The number of carbonyl (C=O) groups is 2. The maximum atomic E-state index is 13.0. The number of nitrogens with one attached hydrogen (secondary N) is 2. The molecule has 0 fully saturated rings. The molecule has 3 aromatic rings. The average Bonchev–Trinajstić information content (AvgIpc) is 2.75. The van der Waals surface area contributed by atoms with E-state index in [1.54, 1.807) is 30.3 Å². The van der Waals surface area contributed by atoms with Crippen LogP contribution in [0.25, 0.3) is 0 Å². The summed E-state index contributed by atoms with van der Waals surface area (Å²) < 4.78 is 45.4. The standard InChI is InChI=1S/C23H21FN2O5S/c1-15(27)16-3-12-22(31-2)17(13-16)14-23(28)25-19-6-8-20(9-7-19)26-32(29,30)21-10-4-18(24)5-11-21/h3-13,26H,14H2,1-2H3,(H,25,28). The predicted molar refractivity (Wildman–Crippen MR) is 119 cm³/mol. The van der Waals surface area contributed by atoms with Gasteiger partial charge in [0.1, 0.15) is 11.6 Å². The van der Waals surface area contributed by atoms with Gasteiger partial charge >= 0.3 is 0 Å². The highest BCUT2D eigenvalue weighted by Gasteiger charge is 2.15. The molecule has 0 unspecified atom stereocenters. The normalized spacial score (nSPS) is 11.0. The van der Waals surface area contributed by atoms with Crippen LogP contribution in [0.5, 0.6) is 5.75 Å². The number of amides is 1. The van der Waals surface area contributed by atoms with E-state index < -0.39 is 15.8 Å². The van der Waals surface area contributed by atoms with Crippen molar-refractivity contribution in [2.24, 2.45) is 0 Å². The first-order valence-electron chi connectivity index (χ1n) is 9.54. The van der Waals surface area contributed by atoms with Crippen molar-refractivity contribution in [3.05, 3.63) is 83.7 Å². The molecule has 32 heavy (non-hydrogen) atoms. The minimum absolute atomic E-state index is 0.0107. The van der Waals surface area contributed by atoms with Gasteiger partial charge in [0.25, 0.3) is 10.0 Å². The van der Waals surface area contributed by atoms with Crippen LogP contribution in [-0.4, -0.2) is 27.2 Å².